The van der Waals surface area contributed by atoms with E-state index in [-0.39, 0.29) is 0 Å². The van der Waals surface area contributed by atoms with Gasteiger partial charge < -0.3 is 0 Å². The fraction of sp³-hybridized carbons (Fsp3) is 0.333. The molecule has 15 heavy (non-hydrogen) atoms. The van der Waals surface area contributed by atoms with Gasteiger partial charge in [-0.25, -0.2) is 0 Å². The van der Waals surface area contributed by atoms with Crippen molar-refractivity contribution in [2.24, 2.45) is 5.92 Å². The van der Waals surface area contributed by atoms with Gasteiger partial charge >= 0.3 is 0 Å². The van der Waals surface area contributed by atoms with Crippen LogP contribution in [0.25, 0.3) is 5.57 Å². The van der Waals surface area contributed by atoms with Crippen molar-refractivity contribution in [1.82, 2.24) is 0 Å². The topological polar surface area (TPSA) is 0 Å². The highest BCUT2D eigenvalue weighted by Gasteiger charge is 2.12. The maximum atomic E-state index is 2.35. The van der Waals surface area contributed by atoms with Crippen LogP contribution in [0, 0.1) is 5.92 Å². The summed E-state index contributed by atoms with van der Waals surface area (Å²) in [6.07, 6.45) is 5.79. The van der Waals surface area contributed by atoms with Gasteiger partial charge in [0.05, 0.1) is 0 Å². The molecule has 0 aromatic heterocycles. The van der Waals surface area contributed by atoms with Crippen LogP contribution in [-0.4, -0.2) is 0 Å². The van der Waals surface area contributed by atoms with E-state index in [0.717, 1.165) is 6.42 Å². The molecule has 1 aromatic rings. The van der Waals surface area contributed by atoms with Crippen molar-refractivity contribution in [2.75, 3.05) is 0 Å². The van der Waals surface area contributed by atoms with E-state index in [0.29, 0.717) is 5.92 Å². The van der Waals surface area contributed by atoms with Gasteiger partial charge in [0.2, 0.25) is 0 Å². The first kappa shape index (κ1) is 10.2. The predicted octanol–water partition coefficient (Wildman–Crippen LogP) is 4.23. The third kappa shape index (κ3) is 2.04. The normalized spacial score (nSPS) is 20.1. The van der Waals surface area contributed by atoms with Crippen LogP contribution in [-0.2, 0) is 6.42 Å². The molecule has 0 spiro atoms. The number of rotatable bonds is 2. The van der Waals surface area contributed by atoms with Crippen LogP contribution in [0.5, 0.6) is 0 Å². The monoisotopic (exact) mass is 198 g/mol. The number of allylic oxidation sites excluding steroid dienone is 4. The summed E-state index contributed by atoms with van der Waals surface area (Å²) in [7, 11) is 0. The lowest BCUT2D eigenvalue weighted by Gasteiger charge is -2.06. The molecule has 1 unspecified atom stereocenters. The zero-order valence-electron chi connectivity index (χ0n) is 9.75. The lowest BCUT2D eigenvalue weighted by atomic mass is 9.99. The smallest absolute Gasteiger partial charge is 0.00666 e. The summed E-state index contributed by atoms with van der Waals surface area (Å²) in [5.74, 6) is 0.588. The van der Waals surface area contributed by atoms with Crippen molar-refractivity contribution < 1.29 is 0 Å². The molecule has 78 valence electrons. The van der Waals surface area contributed by atoms with Crippen molar-refractivity contribution in [1.29, 1.82) is 0 Å². The second-order valence-electron chi connectivity index (χ2n) is 4.34. The molecule has 1 aliphatic rings. The maximum Gasteiger partial charge on any atom is -0.00666 e. The molecule has 1 aliphatic carbocycles. The van der Waals surface area contributed by atoms with E-state index >= 15 is 0 Å². The molecule has 1 atom stereocenters. The molecule has 2 rings (SSSR count). The predicted molar refractivity (Wildman–Crippen MR) is 66.7 cm³/mol. The lowest BCUT2D eigenvalue weighted by molar-refractivity contribution is 0.955. The number of hydrogen-bond acceptors (Lipinski definition) is 0. The van der Waals surface area contributed by atoms with Gasteiger partial charge in [0.1, 0.15) is 0 Å². The molecule has 0 fully saturated rings. The molecule has 0 nitrogen and oxygen atoms in total. The number of benzene rings is 1. The minimum Gasteiger partial charge on any atom is -0.0743 e. The molecule has 0 bridgehead atoms. The van der Waals surface area contributed by atoms with Crippen LogP contribution in [0.1, 0.15) is 31.9 Å². The van der Waals surface area contributed by atoms with Crippen LogP contribution >= 0.6 is 0 Å². The second-order valence-corrected chi connectivity index (χ2v) is 4.34. The molecule has 0 amide bonds. The molecule has 0 saturated heterocycles. The average Bonchev–Trinajstić information content (AvgIpc) is 2.58. The molecular formula is C15H18. The summed E-state index contributed by atoms with van der Waals surface area (Å²) in [4.78, 5) is 0. The highest BCUT2D eigenvalue weighted by molar-refractivity contribution is 5.81. The Morgan fingerprint density at radius 3 is 2.60 bits per heavy atom. The molecular weight excluding hydrogens is 180 g/mol. The average molecular weight is 198 g/mol. The largest absolute Gasteiger partial charge is 0.0743 e. The molecule has 0 saturated carbocycles. The van der Waals surface area contributed by atoms with E-state index in [1.165, 1.54) is 22.3 Å². The van der Waals surface area contributed by atoms with Gasteiger partial charge in [-0.1, -0.05) is 50.3 Å². The van der Waals surface area contributed by atoms with Gasteiger partial charge in [0, 0.05) is 0 Å². The van der Waals surface area contributed by atoms with Gasteiger partial charge in [-0.2, -0.15) is 0 Å². The maximum absolute atomic E-state index is 2.35. The van der Waals surface area contributed by atoms with Gasteiger partial charge in [-0.3, -0.25) is 0 Å². The Balaban J connectivity index is 2.38. The summed E-state index contributed by atoms with van der Waals surface area (Å²) in [6, 6.07) is 8.87. The van der Waals surface area contributed by atoms with E-state index in [1.807, 2.05) is 0 Å². The number of hydrogen-bond donors (Lipinski definition) is 0. The van der Waals surface area contributed by atoms with E-state index in [9.17, 15) is 0 Å². The van der Waals surface area contributed by atoms with Crippen LogP contribution in [0.3, 0.4) is 0 Å². The second kappa shape index (κ2) is 4.06. The van der Waals surface area contributed by atoms with E-state index in [2.05, 4.69) is 57.2 Å². The van der Waals surface area contributed by atoms with Gasteiger partial charge in [0.15, 0.2) is 0 Å². The van der Waals surface area contributed by atoms with Crippen molar-refractivity contribution in [2.45, 2.75) is 27.2 Å². The Hall–Kier alpha value is -1.30. The van der Waals surface area contributed by atoms with Gasteiger partial charge in [-0.15, -0.1) is 0 Å². The zero-order chi connectivity index (χ0) is 10.8. The Morgan fingerprint density at radius 1 is 1.20 bits per heavy atom. The summed E-state index contributed by atoms with van der Waals surface area (Å²) < 4.78 is 0. The molecule has 0 radical (unpaired) electrons. The summed E-state index contributed by atoms with van der Waals surface area (Å²) in [6.45, 7) is 6.64. The van der Waals surface area contributed by atoms with E-state index < -0.39 is 0 Å². The molecule has 1 aromatic carbocycles. The minimum atomic E-state index is 0.588. The zero-order valence-corrected chi connectivity index (χ0v) is 9.75. The highest BCUT2D eigenvalue weighted by atomic mass is 14.2. The van der Waals surface area contributed by atoms with Crippen LogP contribution < -0.4 is 0 Å². The third-order valence-electron chi connectivity index (χ3n) is 3.01. The van der Waals surface area contributed by atoms with Crippen LogP contribution in [0.2, 0.25) is 0 Å². The van der Waals surface area contributed by atoms with Crippen molar-refractivity contribution in [3.05, 3.63) is 53.1 Å². The number of aryl methyl sites for hydroxylation is 1. The van der Waals surface area contributed by atoms with Gasteiger partial charge in [-0.05, 0) is 41.5 Å². The first-order valence-corrected chi connectivity index (χ1v) is 5.70. The summed E-state index contributed by atoms with van der Waals surface area (Å²) >= 11 is 0. The molecule has 0 N–H and O–H groups in total. The Bertz CT molecular complexity index is 421. The van der Waals surface area contributed by atoms with Crippen molar-refractivity contribution >= 4 is 5.57 Å². The first-order chi connectivity index (χ1) is 7.20. The molecule has 0 heterocycles. The lowest BCUT2D eigenvalue weighted by Crippen LogP contribution is -1.86. The third-order valence-corrected chi connectivity index (χ3v) is 3.01. The van der Waals surface area contributed by atoms with Gasteiger partial charge in [0.25, 0.3) is 0 Å². The highest BCUT2D eigenvalue weighted by Crippen LogP contribution is 2.31. The Morgan fingerprint density at radius 2 is 2.00 bits per heavy atom. The van der Waals surface area contributed by atoms with Crippen molar-refractivity contribution in [3.8, 4) is 0 Å². The molecule has 0 aliphatic heterocycles. The fourth-order valence-electron chi connectivity index (χ4n) is 2.21. The van der Waals surface area contributed by atoms with Crippen LogP contribution in [0.15, 0.2) is 42.0 Å². The quantitative estimate of drug-likeness (QED) is 0.667. The minimum absolute atomic E-state index is 0.588. The Kier molecular flexibility index (Phi) is 2.77. The van der Waals surface area contributed by atoms with E-state index in [4.69, 9.17) is 0 Å². The molecule has 0 heteroatoms. The SMILES string of the molecule is CCc1cccc(C2=CC(C)C=C2C)c1. The first-order valence-electron chi connectivity index (χ1n) is 5.70. The van der Waals surface area contributed by atoms with Crippen LogP contribution in [0.4, 0.5) is 0 Å². The Labute approximate surface area is 92.3 Å². The van der Waals surface area contributed by atoms with Crippen molar-refractivity contribution in [3.63, 3.8) is 0 Å². The summed E-state index contributed by atoms with van der Waals surface area (Å²) in [5.41, 5.74) is 5.61. The fourth-order valence-corrected chi connectivity index (χ4v) is 2.21. The summed E-state index contributed by atoms with van der Waals surface area (Å²) in [5, 5.41) is 0. The standard InChI is InChI=1S/C15H18/c1-4-13-6-5-7-14(10-13)15-9-11(2)8-12(15)3/h5-11H,4H2,1-3H3. The van der Waals surface area contributed by atoms with E-state index in [1.54, 1.807) is 0 Å².